The highest BCUT2D eigenvalue weighted by atomic mass is 15.3. The molecular weight excluding hydrogens is 246 g/mol. The molecule has 0 radical (unpaired) electrons. The van der Waals surface area contributed by atoms with Crippen LogP contribution in [-0.4, -0.2) is 72.6 Å². The summed E-state index contributed by atoms with van der Waals surface area (Å²) in [7, 11) is 2.33. The van der Waals surface area contributed by atoms with E-state index in [9.17, 15) is 0 Å². The van der Waals surface area contributed by atoms with E-state index >= 15 is 0 Å². The number of nitrogens with zero attached hydrogens (tertiary/aromatic N) is 3. The topological polar surface area (TPSA) is 9.72 Å². The maximum absolute atomic E-state index is 2.85. The standard InChI is InChI=1S/C17H33N3/c1-3-15-12-19-11-7-5-9-17(19)14-20(15)13-16-8-4-6-10-18(16)2/h15-17H,3-14H2,1-2H3. The van der Waals surface area contributed by atoms with Gasteiger partial charge in [-0.15, -0.1) is 0 Å². The third-order valence-electron chi connectivity index (χ3n) is 5.99. The molecule has 0 spiro atoms. The molecule has 3 heterocycles. The molecule has 0 saturated carbocycles. The van der Waals surface area contributed by atoms with Crippen LogP contribution >= 0.6 is 0 Å². The van der Waals surface area contributed by atoms with Gasteiger partial charge in [0.15, 0.2) is 0 Å². The second kappa shape index (κ2) is 6.76. The van der Waals surface area contributed by atoms with E-state index in [-0.39, 0.29) is 0 Å². The van der Waals surface area contributed by atoms with Crippen molar-refractivity contribution < 1.29 is 0 Å². The van der Waals surface area contributed by atoms with Gasteiger partial charge in [-0.25, -0.2) is 0 Å². The van der Waals surface area contributed by atoms with Crippen molar-refractivity contribution in [3.63, 3.8) is 0 Å². The average Bonchev–Trinajstić information content (AvgIpc) is 2.49. The monoisotopic (exact) mass is 279 g/mol. The fraction of sp³-hybridized carbons (Fsp3) is 1.00. The second-order valence-corrected chi connectivity index (χ2v) is 7.29. The van der Waals surface area contributed by atoms with Gasteiger partial charge >= 0.3 is 0 Å². The number of likely N-dealkylation sites (tertiary alicyclic amines) is 1. The maximum atomic E-state index is 2.85. The Morgan fingerprint density at radius 2 is 1.70 bits per heavy atom. The summed E-state index contributed by atoms with van der Waals surface area (Å²) in [6, 6.07) is 2.48. The predicted octanol–water partition coefficient (Wildman–Crippen LogP) is 2.42. The van der Waals surface area contributed by atoms with Gasteiger partial charge in [-0.2, -0.15) is 0 Å². The molecule has 0 amide bonds. The molecule has 0 aliphatic carbocycles. The van der Waals surface area contributed by atoms with Crippen LogP contribution in [0.25, 0.3) is 0 Å². The zero-order chi connectivity index (χ0) is 13.9. The molecule has 116 valence electrons. The Morgan fingerprint density at radius 3 is 2.50 bits per heavy atom. The van der Waals surface area contributed by atoms with Gasteiger partial charge < -0.3 is 4.90 Å². The first-order valence-electron chi connectivity index (χ1n) is 8.96. The van der Waals surface area contributed by atoms with Gasteiger partial charge in [0.25, 0.3) is 0 Å². The van der Waals surface area contributed by atoms with Crippen LogP contribution in [0.5, 0.6) is 0 Å². The van der Waals surface area contributed by atoms with Gasteiger partial charge in [0, 0.05) is 37.8 Å². The molecule has 3 nitrogen and oxygen atoms in total. The molecular formula is C17H33N3. The first-order valence-corrected chi connectivity index (χ1v) is 8.96. The molecule has 3 aliphatic rings. The highest BCUT2D eigenvalue weighted by Gasteiger charge is 2.35. The molecule has 3 atom stereocenters. The molecule has 0 aromatic carbocycles. The van der Waals surface area contributed by atoms with Crippen LogP contribution in [-0.2, 0) is 0 Å². The first kappa shape index (κ1) is 14.8. The predicted molar refractivity (Wildman–Crippen MR) is 85.1 cm³/mol. The first-order chi connectivity index (χ1) is 9.78. The van der Waals surface area contributed by atoms with Crippen molar-refractivity contribution in [1.82, 2.24) is 14.7 Å². The van der Waals surface area contributed by atoms with Crippen LogP contribution in [0.2, 0.25) is 0 Å². The third kappa shape index (κ3) is 3.20. The highest BCUT2D eigenvalue weighted by Crippen LogP contribution is 2.26. The molecule has 0 bridgehead atoms. The molecule has 3 aliphatic heterocycles. The lowest BCUT2D eigenvalue weighted by atomic mass is 9.94. The summed E-state index contributed by atoms with van der Waals surface area (Å²) < 4.78 is 0. The van der Waals surface area contributed by atoms with Gasteiger partial charge in [-0.3, -0.25) is 9.80 Å². The summed E-state index contributed by atoms with van der Waals surface area (Å²) in [5.41, 5.74) is 0. The van der Waals surface area contributed by atoms with Crippen LogP contribution < -0.4 is 0 Å². The van der Waals surface area contributed by atoms with E-state index in [2.05, 4.69) is 28.7 Å². The zero-order valence-corrected chi connectivity index (χ0v) is 13.6. The van der Waals surface area contributed by atoms with Crippen molar-refractivity contribution in [2.75, 3.05) is 39.8 Å². The van der Waals surface area contributed by atoms with Gasteiger partial charge in [0.2, 0.25) is 0 Å². The van der Waals surface area contributed by atoms with Crippen molar-refractivity contribution in [3.8, 4) is 0 Å². The quantitative estimate of drug-likeness (QED) is 0.785. The Balaban J connectivity index is 1.61. The van der Waals surface area contributed by atoms with E-state index in [1.165, 1.54) is 77.7 Å². The molecule has 0 aromatic heterocycles. The highest BCUT2D eigenvalue weighted by molar-refractivity contribution is 4.92. The molecule has 0 N–H and O–H groups in total. The summed E-state index contributed by atoms with van der Waals surface area (Å²) >= 11 is 0. The minimum atomic E-state index is 0.805. The van der Waals surface area contributed by atoms with Crippen molar-refractivity contribution in [2.45, 2.75) is 70.0 Å². The number of rotatable bonds is 3. The van der Waals surface area contributed by atoms with Crippen molar-refractivity contribution in [1.29, 1.82) is 0 Å². The summed E-state index contributed by atoms with van der Waals surface area (Å²) in [5.74, 6) is 0. The maximum Gasteiger partial charge on any atom is 0.0223 e. The van der Waals surface area contributed by atoms with Gasteiger partial charge in [-0.05, 0) is 52.2 Å². The smallest absolute Gasteiger partial charge is 0.0223 e. The number of fused-ring (bicyclic) bond motifs is 1. The molecule has 3 fully saturated rings. The minimum absolute atomic E-state index is 0.805. The Labute approximate surface area is 125 Å². The molecule has 3 saturated heterocycles. The lowest BCUT2D eigenvalue weighted by Gasteiger charge is -2.50. The van der Waals surface area contributed by atoms with Crippen molar-refractivity contribution >= 4 is 0 Å². The summed E-state index contributed by atoms with van der Waals surface area (Å²) in [5, 5.41) is 0. The van der Waals surface area contributed by atoms with E-state index in [1.807, 2.05) is 0 Å². The third-order valence-corrected chi connectivity index (χ3v) is 5.99. The second-order valence-electron chi connectivity index (χ2n) is 7.29. The number of piperazine rings is 1. The molecule has 0 aromatic rings. The summed E-state index contributed by atoms with van der Waals surface area (Å²) in [4.78, 5) is 8.25. The average molecular weight is 279 g/mol. The van der Waals surface area contributed by atoms with E-state index in [0.717, 1.165) is 18.1 Å². The van der Waals surface area contributed by atoms with Gasteiger partial charge in [-0.1, -0.05) is 19.8 Å². The van der Waals surface area contributed by atoms with Gasteiger partial charge in [0.05, 0.1) is 0 Å². The number of piperidine rings is 2. The SMILES string of the molecule is CCC1CN2CCCCC2CN1CC1CCCCN1C. The van der Waals surface area contributed by atoms with Crippen LogP contribution in [0.4, 0.5) is 0 Å². The normalized spacial score (nSPS) is 37.8. The van der Waals surface area contributed by atoms with Crippen molar-refractivity contribution in [3.05, 3.63) is 0 Å². The largest absolute Gasteiger partial charge is 0.302 e. The lowest BCUT2D eigenvalue weighted by molar-refractivity contribution is -0.00837. The van der Waals surface area contributed by atoms with E-state index < -0.39 is 0 Å². The van der Waals surface area contributed by atoms with Gasteiger partial charge in [0.1, 0.15) is 0 Å². The van der Waals surface area contributed by atoms with Crippen LogP contribution in [0.1, 0.15) is 51.9 Å². The fourth-order valence-corrected chi connectivity index (χ4v) is 4.57. The number of likely N-dealkylation sites (N-methyl/N-ethyl adjacent to an activating group) is 1. The van der Waals surface area contributed by atoms with Crippen LogP contribution in [0.15, 0.2) is 0 Å². The summed E-state index contributed by atoms with van der Waals surface area (Å²) in [6.45, 7) is 9.04. The van der Waals surface area contributed by atoms with E-state index in [1.54, 1.807) is 0 Å². The number of hydrogen-bond acceptors (Lipinski definition) is 3. The summed E-state index contributed by atoms with van der Waals surface area (Å²) in [6.07, 6.45) is 9.90. The van der Waals surface area contributed by atoms with Crippen molar-refractivity contribution in [2.24, 2.45) is 0 Å². The Morgan fingerprint density at radius 1 is 0.900 bits per heavy atom. The molecule has 3 heteroatoms. The molecule has 3 rings (SSSR count). The molecule has 3 unspecified atom stereocenters. The zero-order valence-electron chi connectivity index (χ0n) is 13.6. The Kier molecular flexibility index (Phi) is 5.00. The van der Waals surface area contributed by atoms with E-state index in [4.69, 9.17) is 0 Å². The van der Waals surface area contributed by atoms with Crippen LogP contribution in [0.3, 0.4) is 0 Å². The van der Waals surface area contributed by atoms with Crippen LogP contribution in [0, 0.1) is 0 Å². The minimum Gasteiger partial charge on any atom is -0.302 e. The lowest BCUT2D eigenvalue weighted by Crippen LogP contribution is -2.61. The van der Waals surface area contributed by atoms with E-state index in [0.29, 0.717) is 0 Å². The Hall–Kier alpha value is -0.120. The molecule has 20 heavy (non-hydrogen) atoms. The Bertz CT molecular complexity index is 307. The number of hydrogen-bond donors (Lipinski definition) is 0. The fourth-order valence-electron chi connectivity index (χ4n) is 4.57.